The minimum absolute atomic E-state index is 0.000901. The first kappa shape index (κ1) is 18.0. The molecule has 2 aliphatic heterocycles. The number of methoxy groups -OCH3 is 1. The Labute approximate surface area is 159 Å². The number of ether oxygens (including phenoxy) is 2. The Morgan fingerprint density at radius 2 is 2.07 bits per heavy atom. The maximum absolute atomic E-state index is 12.8. The van der Waals surface area contributed by atoms with Crippen LogP contribution in [0.15, 0.2) is 23.0 Å². The summed E-state index contributed by atoms with van der Waals surface area (Å²) in [5.41, 5.74) is 1.01. The number of phenolic OH excluding ortho intramolecular Hbond substituents is 1. The number of aromatic nitrogens is 2. The first-order chi connectivity index (χ1) is 13.1. The number of amides is 1. The van der Waals surface area contributed by atoms with Crippen LogP contribution >= 0.6 is 11.8 Å². The van der Waals surface area contributed by atoms with E-state index in [1.807, 2.05) is 0 Å². The third-order valence-corrected chi connectivity index (χ3v) is 6.20. The van der Waals surface area contributed by atoms with E-state index in [0.29, 0.717) is 30.3 Å². The Balaban J connectivity index is 1.80. The molecule has 1 aromatic heterocycles. The first-order valence-electron chi connectivity index (χ1n) is 8.79. The number of aromatic hydroxyl groups is 1. The van der Waals surface area contributed by atoms with Gasteiger partial charge in [-0.25, -0.2) is 0 Å². The number of carbonyl (C=O) groups is 1. The minimum atomic E-state index is -0.374. The molecule has 0 spiro atoms. The average molecular weight is 391 g/mol. The number of benzene rings is 1. The van der Waals surface area contributed by atoms with Gasteiger partial charge in [-0.15, -0.1) is 11.8 Å². The maximum atomic E-state index is 12.8. The normalized spacial score (nSPS) is 20.6. The predicted molar refractivity (Wildman–Crippen MR) is 102 cm³/mol. The quantitative estimate of drug-likeness (QED) is 0.739. The summed E-state index contributed by atoms with van der Waals surface area (Å²) >= 11 is 1.36. The van der Waals surface area contributed by atoms with Gasteiger partial charge in [-0.3, -0.25) is 19.4 Å². The highest BCUT2D eigenvalue weighted by atomic mass is 32.2. The van der Waals surface area contributed by atoms with E-state index in [-0.39, 0.29) is 34.3 Å². The lowest BCUT2D eigenvalue weighted by Gasteiger charge is -2.25. The van der Waals surface area contributed by atoms with Crippen molar-refractivity contribution in [2.24, 2.45) is 0 Å². The number of nitrogens with one attached hydrogen (secondary N) is 2. The van der Waals surface area contributed by atoms with E-state index in [1.165, 1.54) is 18.9 Å². The molecule has 0 radical (unpaired) electrons. The second-order valence-corrected chi connectivity index (χ2v) is 7.68. The molecule has 27 heavy (non-hydrogen) atoms. The molecule has 2 aliphatic rings. The van der Waals surface area contributed by atoms with Crippen LogP contribution in [-0.4, -0.2) is 46.9 Å². The lowest BCUT2D eigenvalue weighted by atomic mass is 10.0. The Hall–Kier alpha value is -2.39. The largest absolute Gasteiger partial charge is 0.504 e. The van der Waals surface area contributed by atoms with Crippen molar-refractivity contribution < 1.29 is 19.4 Å². The molecule has 4 rings (SSSR count). The standard InChI is InChI=1S/C18H21N3O5S/c1-25-13-3-2-10(8-12(13)22)16-15-17(19-14(23)9-27-16)21(20-18(15)24)11-4-6-26-7-5-11/h2-3,8,11,16,22H,4-7,9H2,1H3,(H,19,23)(H,20,24). The van der Waals surface area contributed by atoms with Crippen LogP contribution in [0, 0.1) is 0 Å². The zero-order valence-corrected chi connectivity index (χ0v) is 15.7. The number of hydrogen-bond acceptors (Lipinski definition) is 6. The van der Waals surface area contributed by atoms with Gasteiger partial charge in [0.25, 0.3) is 5.56 Å². The number of thioether (sulfide) groups is 1. The Morgan fingerprint density at radius 1 is 1.30 bits per heavy atom. The summed E-state index contributed by atoms with van der Waals surface area (Å²) in [5, 5.41) is 15.6. The van der Waals surface area contributed by atoms with Gasteiger partial charge >= 0.3 is 0 Å². The molecule has 1 fully saturated rings. The highest BCUT2D eigenvalue weighted by molar-refractivity contribution is 8.00. The summed E-state index contributed by atoms with van der Waals surface area (Å²) in [5.74, 6) is 0.948. The van der Waals surface area contributed by atoms with Gasteiger partial charge in [0.1, 0.15) is 5.82 Å². The van der Waals surface area contributed by atoms with Gasteiger partial charge in [0.2, 0.25) is 5.91 Å². The molecule has 1 aromatic carbocycles. The van der Waals surface area contributed by atoms with Gasteiger partial charge < -0.3 is 19.9 Å². The number of aromatic amines is 1. The molecule has 9 heteroatoms. The van der Waals surface area contributed by atoms with E-state index >= 15 is 0 Å². The van der Waals surface area contributed by atoms with Crippen LogP contribution in [0.4, 0.5) is 5.82 Å². The van der Waals surface area contributed by atoms with E-state index in [4.69, 9.17) is 9.47 Å². The second kappa shape index (κ2) is 7.32. The van der Waals surface area contributed by atoms with Crippen molar-refractivity contribution in [1.82, 2.24) is 9.78 Å². The summed E-state index contributed by atoms with van der Waals surface area (Å²) in [6.45, 7) is 1.25. The molecular formula is C18H21N3O5S. The fourth-order valence-electron chi connectivity index (χ4n) is 3.59. The number of rotatable bonds is 3. The molecule has 0 saturated carbocycles. The fourth-order valence-corrected chi connectivity index (χ4v) is 4.71. The lowest BCUT2D eigenvalue weighted by molar-refractivity contribution is -0.113. The molecule has 0 bridgehead atoms. The van der Waals surface area contributed by atoms with E-state index in [9.17, 15) is 14.7 Å². The van der Waals surface area contributed by atoms with Gasteiger partial charge in [0.05, 0.1) is 29.7 Å². The number of carbonyl (C=O) groups excluding carboxylic acids is 1. The smallest absolute Gasteiger partial charge is 0.270 e. The van der Waals surface area contributed by atoms with Crippen LogP contribution in [0.5, 0.6) is 11.5 Å². The topological polar surface area (TPSA) is 106 Å². The van der Waals surface area contributed by atoms with E-state index in [0.717, 1.165) is 18.4 Å². The highest BCUT2D eigenvalue weighted by Gasteiger charge is 2.33. The van der Waals surface area contributed by atoms with Gasteiger partial charge in [-0.05, 0) is 30.5 Å². The highest BCUT2D eigenvalue weighted by Crippen LogP contribution is 2.43. The summed E-state index contributed by atoms with van der Waals surface area (Å²) in [4.78, 5) is 25.1. The van der Waals surface area contributed by atoms with Crippen molar-refractivity contribution in [3.8, 4) is 11.5 Å². The van der Waals surface area contributed by atoms with Gasteiger partial charge in [0, 0.05) is 13.2 Å². The number of hydrogen-bond donors (Lipinski definition) is 3. The zero-order valence-electron chi connectivity index (χ0n) is 14.9. The molecule has 2 aromatic rings. The fraction of sp³-hybridized carbons (Fsp3) is 0.444. The van der Waals surface area contributed by atoms with Crippen molar-refractivity contribution in [3.63, 3.8) is 0 Å². The SMILES string of the molecule is COc1ccc(C2SCC(=O)Nc3c2c(=O)[nH]n3C2CCOCC2)cc1O. The number of H-pyrrole nitrogens is 1. The monoisotopic (exact) mass is 391 g/mol. The predicted octanol–water partition coefficient (Wildman–Crippen LogP) is 2.02. The molecule has 8 nitrogen and oxygen atoms in total. The van der Waals surface area contributed by atoms with Crippen LogP contribution in [-0.2, 0) is 9.53 Å². The average Bonchev–Trinajstić information content (AvgIpc) is 2.88. The zero-order chi connectivity index (χ0) is 19.0. The molecular weight excluding hydrogens is 370 g/mol. The van der Waals surface area contributed by atoms with Crippen molar-refractivity contribution in [2.45, 2.75) is 24.1 Å². The van der Waals surface area contributed by atoms with Crippen molar-refractivity contribution >= 4 is 23.5 Å². The maximum Gasteiger partial charge on any atom is 0.270 e. The molecule has 1 saturated heterocycles. The summed E-state index contributed by atoms with van der Waals surface area (Å²) < 4.78 is 12.3. The van der Waals surface area contributed by atoms with Crippen LogP contribution in [0.3, 0.4) is 0 Å². The Morgan fingerprint density at radius 3 is 2.78 bits per heavy atom. The number of fused-ring (bicyclic) bond motifs is 1. The first-order valence-corrected chi connectivity index (χ1v) is 9.84. The van der Waals surface area contributed by atoms with Gasteiger partial charge in [-0.2, -0.15) is 0 Å². The summed E-state index contributed by atoms with van der Waals surface area (Å²) in [7, 11) is 1.48. The van der Waals surface area contributed by atoms with Crippen LogP contribution < -0.4 is 15.6 Å². The van der Waals surface area contributed by atoms with Crippen molar-refractivity contribution in [2.75, 3.05) is 31.4 Å². The van der Waals surface area contributed by atoms with Crippen LogP contribution in [0.1, 0.15) is 35.3 Å². The van der Waals surface area contributed by atoms with Crippen molar-refractivity contribution in [1.29, 1.82) is 0 Å². The molecule has 1 amide bonds. The second-order valence-electron chi connectivity index (χ2n) is 6.59. The van der Waals surface area contributed by atoms with Gasteiger partial charge in [0.15, 0.2) is 11.5 Å². The van der Waals surface area contributed by atoms with Crippen LogP contribution in [0.2, 0.25) is 0 Å². The summed E-state index contributed by atoms with van der Waals surface area (Å²) in [6.07, 6.45) is 1.54. The molecule has 3 heterocycles. The third kappa shape index (κ3) is 3.32. The molecule has 3 N–H and O–H groups in total. The lowest BCUT2D eigenvalue weighted by Crippen LogP contribution is -2.24. The summed E-state index contributed by atoms with van der Waals surface area (Å²) in [6, 6.07) is 5.13. The van der Waals surface area contributed by atoms with Crippen LogP contribution in [0.25, 0.3) is 0 Å². The van der Waals surface area contributed by atoms with E-state index in [2.05, 4.69) is 10.4 Å². The van der Waals surface area contributed by atoms with Crippen molar-refractivity contribution in [3.05, 3.63) is 39.7 Å². The van der Waals surface area contributed by atoms with E-state index < -0.39 is 0 Å². The minimum Gasteiger partial charge on any atom is -0.504 e. The Kier molecular flexibility index (Phi) is 4.88. The Bertz CT molecular complexity index is 916. The molecule has 1 atom stereocenters. The number of anilines is 1. The molecule has 144 valence electrons. The number of phenols is 1. The number of nitrogens with zero attached hydrogens (tertiary/aromatic N) is 1. The molecule has 1 unspecified atom stereocenters. The molecule has 0 aliphatic carbocycles. The van der Waals surface area contributed by atoms with Gasteiger partial charge in [-0.1, -0.05) is 6.07 Å². The third-order valence-electron chi connectivity index (χ3n) is 4.93. The van der Waals surface area contributed by atoms with E-state index in [1.54, 1.807) is 22.9 Å².